The fourth-order valence-corrected chi connectivity index (χ4v) is 1.56. The molecule has 0 radical (unpaired) electrons. The molecule has 0 aliphatic carbocycles. The van der Waals surface area contributed by atoms with Gasteiger partial charge in [0.05, 0.1) is 7.11 Å². The quantitative estimate of drug-likeness (QED) is 0.589. The molecule has 0 amide bonds. The molecule has 0 spiro atoms. The lowest BCUT2D eigenvalue weighted by atomic mass is 10.6. The van der Waals surface area contributed by atoms with E-state index in [9.17, 15) is 0 Å². The first-order valence-corrected chi connectivity index (χ1v) is 5.06. The molecule has 0 unspecified atom stereocenters. The summed E-state index contributed by atoms with van der Waals surface area (Å²) in [7, 11) is 1.57. The number of thioether (sulfide) groups is 1. The van der Waals surface area contributed by atoms with Crippen LogP contribution >= 0.6 is 11.8 Å². The van der Waals surface area contributed by atoms with Crippen molar-refractivity contribution in [2.24, 2.45) is 0 Å². The van der Waals surface area contributed by atoms with Gasteiger partial charge < -0.3 is 10.5 Å². The fourth-order valence-electron chi connectivity index (χ4n) is 0.806. The number of hydrogen-bond donors (Lipinski definition) is 1. The lowest BCUT2D eigenvalue weighted by Crippen LogP contribution is -1.98. The Morgan fingerprint density at radius 2 is 2.31 bits per heavy atom. The number of nitrogens with two attached hydrogens (primary N) is 1. The lowest BCUT2D eigenvalue weighted by Gasteiger charge is -2.03. The van der Waals surface area contributed by atoms with E-state index in [1.165, 1.54) is 0 Å². The van der Waals surface area contributed by atoms with Crippen molar-refractivity contribution in [2.45, 2.75) is 18.4 Å². The first kappa shape index (κ1) is 10.1. The molecule has 0 aromatic carbocycles. The van der Waals surface area contributed by atoms with Crippen LogP contribution in [0.25, 0.3) is 0 Å². The van der Waals surface area contributed by atoms with Crippen LogP contribution in [0.15, 0.2) is 11.1 Å². The summed E-state index contributed by atoms with van der Waals surface area (Å²) in [5.41, 5.74) is 5.49. The van der Waals surface area contributed by atoms with Gasteiger partial charge in [-0.2, -0.15) is 4.98 Å². The highest BCUT2D eigenvalue weighted by Crippen LogP contribution is 2.20. The first-order chi connectivity index (χ1) is 6.26. The predicted octanol–water partition coefficient (Wildman–Crippen LogP) is 1.57. The van der Waals surface area contributed by atoms with Gasteiger partial charge in [-0.3, -0.25) is 0 Å². The summed E-state index contributed by atoms with van der Waals surface area (Å²) < 4.78 is 4.97. The summed E-state index contributed by atoms with van der Waals surface area (Å²) >= 11 is 1.65. The van der Waals surface area contributed by atoms with Crippen LogP contribution in [0, 0.1) is 0 Å². The third-order valence-electron chi connectivity index (χ3n) is 1.36. The Balaban J connectivity index is 2.76. The van der Waals surface area contributed by atoms with Gasteiger partial charge in [-0.25, -0.2) is 4.98 Å². The Hall–Kier alpha value is -0.970. The van der Waals surface area contributed by atoms with E-state index in [4.69, 9.17) is 10.5 Å². The predicted molar refractivity (Wildman–Crippen MR) is 54.0 cm³/mol. The monoisotopic (exact) mass is 199 g/mol. The number of rotatable bonds is 4. The zero-order valence-corrected chi connectivity index (χ0v) is 8.60. The summed E-state index contributed by atoms with van der Waals surface area (Å²) in [4.78, 5) is 7.96. The van der Waals surface area contributed by atoms with Gasteiger partial charge in [-0.1, -0.05) is 6.92 Å². The van der Waals surface area contributed by atoms with Gasteiger partial charge in [0.15, 0.2) is 0 Å². The van der Waals surface area contributed by atoms with Gasteiger partial charge >= 0.3 is 0 Å². The van der Waals surface area contributed by atoms with Crippen molar-refractivity contribution < 1.29 is 4.74 Å². The van der Waals surface area contributed by atoms with Crippen molar-refractivity contribution in [1.29, 1.82) is 0 Å². The molecule has 0 atom stereocenters. The molecular formula is C8H13N3OS. The summed E-state index contributed by atoms with van der Waals surface area (Å²) in [5.74, 6) is 1.81. The Kier molecular flexibility index (Phi) is 3.82. The molecule has 1 rings (SSSR count). The molecule has 5 heteroatoms. The Bertz CT molecular complexity index is 280. The molecule has 72 valence electrons. The third-order valence-corrected chi connectivity index (χ3v) is 2.48. The van der Waals surface area contributed by atoms with Crippen LogP contribution in [-0.2, 0) is 0 Å². The molecule has 0 fully saturated rings. The first-order valence-electron chi connectivity index (χ1n) is 4.07. The van der Waals surface area contributed by atoms with Crippen LogP contribution in [0.2, 0.25) is 0 Å². The average Bonchev–Trinajstić information content (AvgIpc) is 2.14. The highest BCUT2D eigenvalue weighted by molar-refractivity contribution is 7.99. The van der Waals surface area contributed by atoms with Crippen LogP contribution in [0.4, 0.5) is 5.95 Å². The van der Waals surface area contributed by atoms with Crippen LogP contribution in [-0.4, -0.2) is 22.8 Å². The van der Waals surface area contributed by atoms with Crippen molar-refractivity contribution in [1.82, 2.24) is 9.97 Å². The molecule has 1 aromatic heterocycles. The minimum Gasteiger partial charge on any atom is -0.481 e. The molecule has 0 saturated carbocycles. The highest BCUT2D eigenvalue weighted by Gasteiger charge is 2.01. The van der Waals surface area contributed by atoms with Crippen molar-refractivity contribution >= 4 is 17.7 Å². The maximum atomic E-state index is 5.49. The zero-order valence-electron chi connectivity index (χ0n) is 7.78. The normalized spacial score (nSPS) is 10.0. The second-order valence-corrected chi connectivity index (χ2v) is 3.57. The Morgan fingerprint density at radius 3 is 2.92 bits per heavy atom. The van der Waals surface area contributed by atoms with Crippen molar-refractivity contribution in [3.05, 3.63) is 6.07 Å². The largest absolute Gasteiger partial charge is 0.481 e. The highest BCUT2D eigenvalue weighted by atomic mass is 32.2. The molecular weight excluding hydrogens is 186 g/mol. The van der Waals surface area contributed by atoms with Gasteiger partial charge in [0, 0.05) is 6.07 Å². The Labute approximate surface area is 81.9 Å². The van der Waals surface area contributed by atoms with Crippen LogP contribution < -0.4 is 10.5 Å². The number of methoxy groups -OCH3 is 1. The second kappa shape index (κ2) is 4.91. The third kappa shape index (κ3) is 3.10. The zero-order chi connectivity index (χ0) is 9.68. The van der Waals surface area contributed by atoms with E-state index < -0.39 is 0 Å². The van der Waals surface area contributed by atoms with Crippen LogP contribution in [0.3, 0.4) is 0 Å². The number of ether oxygens (including phenoxy) is 1. The molecule has 0 aliphatic rings. The van der Waals surface area contributed by atoms with Crippen molar-refractivity contribution in [2.75, 3.05) is 18.6 Å². The molecule has 0 saturated heterocycles. The maximum Gasteiger partial charge on any atom is 0.224 e. The van der Waals surface area contributed by atoms with E-state index in [-0.39, 0.29) is 5.95 Å². The van der Waals surface area contributed by atoms with Gasteiger partial charge in [0.25, 0.3) is 0 Å². The summed E-state index contributed by atoms with van der Waals surface area (Å²) in [6.07, 6.45) is 1.11. The van der Waals surface area contributed by atoms with Crippen LogP contribution in [0.1, 0.15) is 13.3 Å². The fraction of sp³-hybridized carbons (Fsp3) is 0.500. The van der Waals surface area contributed by atoms with E-state index in [1.54, 1.807) is 24.9 Å². The number of nitrogens with zero attached hydrogens (tertiary/aromatic N) is 2. The minimum absolute atomic E-state index is 0.262. The minimum atomic E-state index is 0.262. The molecule has 0 aliphatic heterocycles. The maximum absolute atomic E-state index is 5.49. The van der Waals surface area contributed by atoms with Crippen molar-refractivity contribution in [3.63, 3.8) is 0 Å². The van der Waals surface area contributed by atoms with Gasteiger partial charge in [-0.05, 0) is 12.2 Å². The molecule has 4 nitrogen and oxygen atoms in total. The summed E-state index contributed by atoms with van der Waals surface area (Å²) in [6, 6.07) is 1.79. The summed E-state index contributed by atoms with van der Waals surface area (Å²) in [6.45, 7) is 2.12. The average molecular weight is 199 g/mol. The lowest BCUT2D eigenvalue weighted by molar-refractivity contribution is 0.396. The Morgan fingerprint density at radius 1 is 1.54 bits per heavy atom. The topological polar surface area (TPSA) is 61.0 Å². The van der Waals surface area contributed by atoms with E-state index in [1.807, 2.05) is 0 Å². The summed E-state index contributed by atoms with van der Waals surface area (Å²) in [5, 5.41) is 0.867. The molecule has 13 heavy (non-hydrogen) atoms. The van der Waals surface area contributed by atoms with E-state index in [0.717, 1.165) is 17.2 Å². The number of aromatic nitrogens is 2. The number of anilines is 1. The number of nitrogen functional groups attached to an aromatic ring is 1. The molecule has 1 aromatic rings. The van der Waals surface area contributed by atoms with Crippen LogP contribution in [0.5, 0.6) is 5.88 Å². The smallest absolute Gasteiger partial charge is 0.224 e. The number of hydrogen-bond acceptors (Lipinski definition) is 5. The molecule has 1 heterocycles. The standard InChI is InChI=1S/C8H13N3OS/c1-3-4-13-7-5-6(12-2)10-8(9)11-7/h5H,3-4H2,1-2H3,(H2,9,10,11). The van der Waals surface area contributed by atoms with E-state index in [0.29, 0.717) is 5.88 Å². The molecule has 2 N–H and O–H groups in total. The SMILES string of the molecule is CCCSc1cc(OC)nc(N)n1. The van der Waals surface area contributed by atoms with E-state index in [2.05, 4.69) is 16.9 Å². The van der Waals surface area contributed by atoms with Gasteiger partial charge in [0.1, 0.15) is 5.03 Å². The molecule has 0 bridgehead atoms. The van der Waals surface area contributed by atoms with Crippen molar-refractivity contribution in [3.8, 4) is 5.88 Å². The van der Waals surface area contributed by atoms with Gasteiger partial charge in [-0.15, -0.1) is 11.8 Å². The van der Waals surface area contributed by atoms with Gasteiger partial charge in [0.2, 0.25) is 11.8 Å². The van der Waals surface area contributed by atoms with E-state index >= 15 is 0 Å². The second-order valence-electron chi connectivity index (χ2n) is 2.46.